The number of pyridine rings is 1. The van der Waals surface area contributed by atoms with Crippen LogP contribution >= 0.6 is 0 Å². The molecule has 1 saturated heterocycles. The molecule has 0 atom stereocenters. The predicted octanol–water partition coefficient (Wildman–Crippen LogP) is 4.43. The third-order valence-electron chi connectivity index (χ3n) is 5.24. The van der Waals surface area contributed by atoms with E-state index in [1.165, 1.54) is 11.1 Å². The van der Waals surface area contributed by atoms with Crippen LogP contribution < -0.4 is 4.90 Å². The molecule has 0 saturated carbocycles. The molecule has 1 aromatic heterocycles. The third-order valence-corrected chi connectivity index (χ3v) is 5.24. The molecule has 0 unspecified atom stereocenters. The first-order valence-electron chi connectivity index (χ1n) is 10.0. The van der Waals surface area contributed by atoms with Crippen molar-refractivity contribution in [3.05, 3.63) is 59.9 Å². The fourth-order valence-electron chi connectivity index (χ4n) is 3.79. The topological polar surface area (TPSA) is 36.4 Å². The molecule has 0 bridgehead atoms. The van der Waals surface area contributed by atoms with Gasteiger partial charge >= 0.3 is 0 Å². The number of carbonyl (C=O) groups is 1. The molecule has 0 aliphatic carbocycles. The van der Waals surface area contributed by atoms with Crippen LogP contribution in [0.15, 0.2) is 48.8 Å². The summed E-state index contributed by atoms with van der Waals surface area (Å²) in [5, 5.41) is 0. The fraction of sp³-hybridized carbons (Fsp3) is 0.478. The summed E-state index contributed by atoms with van der Waals surface area (Å²) in [6.07, 6.45) is 6.34. The van der Waals surface area contributed by atoms with Crippen molar-refractivity contribution < 1.29 is 4.79 Å². The van der Waals surface area contributed by atoms with Crippen LogP contribution in [-0.2, 0) is 11.3 Å². The Balaban J connectivity index is 1.68. The Bertz CT molecular complexity index is 719. The van der Waals surface area contributed by atoms with Crippen LogP contribution in [0.25, 0.3) is 0 Å². The lowest BCUT2D eigenvalue weighted by Crippen LogP contribution is -2.47. The highest BCUT2D eigenvalue weighted by Crippen LogP contribution is 2.26. The first kappa shape index (κ1) is 19.6. The van der Waals surface area contributed by atoms with Gasteiger partial charge in [-0.05, 0) is 55.5 Å². The quantitative estimate of drug-likeness (QED) is 0.760. The highest BCUT2D eigenvalue weighted by molar-refractivity contribution is 5.94. The van der Waals surface area contributed by atoms with Crippen LogP contribution in [0.4, 0.5) is 5.69 Å². The van der Waals surface area contributed by atoms with Gasteiger partial charge in [0.25, 0.3) is 0 Å². The molecular formula is C23H31N3O. The zero-order chi connectivity index (χ0) is 19.2. The standard InChI is InChI=1S/C23H31N3O/c1-18(2)16-23(27)26(21-6-4-19(3)5-7-21)22-10-14-25(15-11-22)17-20-8-12-24-13-9-20/h4-9,12-13,18,22H,10-11,14-17H2,1-3H3. The Hall–Kier alpha value is -2.20. The maximum absolute atomic E-state index is 13.0. The summed E-state index contributed by atoms with van der Waals surface area (Å²) in [5.41, 5.74) is 3.57. The van der Waals surface area contributed by atoms with Gasteiger partial charge in [0.2, 0.25) is 5.91 Å². The largest absolute Gasteiger partial charge is 0.309 e. The zero-order valence-corrected chi connectivity index (χ0v) is 16.8. The zero-order valence-electron chi connectivity index (χ0n) is 16.8. The molecule has 3 rings (SSSR count). The lowest BCUT2D eigenvalue weighted by molar-refractivity contribution is -0.120. The SMILES string of the molecule is Cc1ccc(N(C(=O)CC(C)C)C2CCN(Cc3ccncc3)CC2)cc1. The average Bonchev–Trinajstić information content (AvgIpc) is 2.65. The van der Waals surface area contributed by atoms with Crippen molar-refractivity contribution in [1.82, 2.24) is 9.88 Å². The number of nitrogens with zero attached hydrogens (tertiary/aromatic N) is 3. The van der Waals surface area contributed by atoms with Gasteiger partial charge in [-0.1, -0.05) is 31.5 Å². The van der Waals surface area contributed by atoms with Gasteiger partial charge in [-0.3, -0.25) is 14.7 Å². The lowest BCUT2D eigenvalue weighted by atomic mass is 9.99. The number of anilines is 1. The molecule has 4 heteroatoms. The van der Waals surface area contributed by atoms with Gasteiger partial charge in [-0.2, -0.15) is 0 Å². The van der Waals surface area contributed by atoms with Gasteiger partial charge in [0, 0.05) is 50.2 Å². The summed E-state index contributed by atoms with van der Waals surface area (Å²) in [5.74, 6) is 0.624. The lowest BCUT2D eigenvalue weighted by Gasteiger charge is -2.39. The molecule has 1 aliphatic rings. The Morgan fingerprint density at radius 2 is 1.74 bits per heavy atom. The van der Waals surface area contributed by atoms with Crippen LogP contribution in [0.1, 0.15) is 44.2 Å². The van der Waals surface area contributed by atoms with E-state index >= 15 is 0 Å². The Morgan fingerprint density at radius 3 is 2.33 bits per heavy atom. The van der Waals surface area contributed by atoms with Crippen molar-refractivity contribution in [1.29, 1.82) is 0 Å². The van der Waals surface area contributed by atoms with Crippen LogP contribution in [-0.4, -0.2) is 34.9 Å². The smallest absolute Gasteiger partial charge is 0.227 e. The molecule has 1 aromatic carbocycles. The Kier molecular flexibility index (Phi) is 6.62. The Labute approximate surface area is 163 Å². The minimum absolute atomic E-state index is 0.251. The number of hydrogen-bond donors (Lipinski definition) is 0. The number of carbonyl (C=O) groups excluding carboxylic acids is 1. The van der Waals surface area contributed by atoms with Crippen molar-refractivity contribution in [3.8, 4) is 0 Å². The monoisotopic (exact) mass is 365 g/mol. The molecule has 2 heterocycles. The summed E-state index contributed by atoms with van der Waals surface area (Å²) >= 11 is 0. The molecule has 144 valence electrons. The number of aromatic nitrogens is 1. The number of likely N-dealkylation sites (tertiary alicyclic amines) is 1. The van der Waals surface area contributed by atoms with Gasteiger partial charge in [0.05, 0.1) is 0 Å². The summed E-state index contributed by atoms with van der Waals surface area (Å²) in [4.78, 5) is 21.7. The van der Waals surface area contributed by atoms with E-state index in [1.54, 1.807) is 0 Å². The van der Waals surface area contributed by atoms with Gasteiger partial charge in [0.15, 0.2) is 0 Å². The number of hydrogen-bond acceptors (Lipinski definition) is 3. The van der Waals surface area contributed by atoms with Crippen LogP contribution in [0, 0.1) is 12.8 Å². The first-order valence-corrected chi connectivity index (χ1v) is 10.0. The average molecular weight is 366 g/mol. The van der Waals surface area contributed by atoms with E-state index in [-0.39, 0.29) is 11.9 Å². The van der Waals surface area contributed by atoms with E-state index in [0.717, 1.165) is 38.2 Å². The maximum atomic E-state index is 13.0. The predicted molar refractivity (Wildman–Crippen MR) is 111 cm³/mol. The molecule has 1 aliphatic heterocycles. The van der Waals surface area contributed by atoms with Gasteiger partial charge in [-0.15, -0.1) is 0 Å². The molecule has 4 nitrogen and oxygen atoms in total. The third kappa shape index (κ3) is 5.39. The molecule has 27 heavy (non-hydrogen) atoms. The van der Waals surface area contributed by atoms with E-state index in [9.17, 15) is 4.79 Å². The van der Waals surface area contributed by atoms with Crippen LogP contribution in [0.2, 0.25) is 0 Å². The molecule has 0 spiro atoms. The molecule has 2 aromatic rings. The van der Waals surface area contributed by atoms with Gasteiger partial charge in [0.1, 0.15) is 0 Å². The number of amides is 1. The molecule has 1 fully saturated rings. The van der Waals surface area contributed by atoms with Crippen molar-refractivity contribution in [2.45, 2.75) is 52.6 Å². The second kappa shape index (κ2) is 9.14. The molecule has 0 radical (unpaired) electrons. The number of aryl methyl sites for hydroxylation is 1. The highest BCUT2D eigenvalue weighted by Gasteiger charge is 2.29. The first-order chi connectivity index (χ1) is 13.0. The molecule has 0 N–H and O–H groups in total. The second-order valence-electron chi connectivity index (χ2n) is 8.06. The highest BCUT2D eigenvalue weighted by atomic mass is 16.2. The second-order valence-corrected chi connectivity index (χ2v) is 8.06. The van der Waals surface area contributed by atoms with Gasteiger partial charge < -0.3 is 4.90 Å². The van der Waals surface area contributed by atoms with Crippen molar-refractivity contribution >= 4 is 11.6 Å². The van der Waals surface area contributed by atoms with E-state index < -0.39 is 0 Å². The van der Waals surface area contributed by atoms with E-state index in [1.807, 2.05) is 12.4 Å². The summed E-state index contributed by atoms with van der Waals surface area (Å²) < 4.78 is 0. The Morgan fingerprint density at radius 1 is 1.11 bits per heavy atom. The maximum Gasteiger partial charge on any atom is 0.227 e. The summed E-state index contributed by atoms with van der Waals surface area (Å²) in [7, 11) is 0. The fourth-order valence-corrected chi connectivity index (χ4v) is 3.79. The minimum atomic E-state index is 0.251. The minimum Gasteiger partial charge on any atom is -0.309 e. The summed E-state index contributed by atoms with van der Waals surface area (Å²) in [6.45, 7) is 9.31. The molecule has 1 amide bonds. The van der Waals surface area contributed by atoms with E-state index in [2.05, 4.69) is 72.0 Å². The van der Waals surface area contributed by atoms with Crippen molar-refractivity contribution in [2.75, 3.05) is 18.0 Å². The number of rotatable bonds is 6. The van der Waals surface area contributed by atoms with Crippen molar-refractivity contribution in [3.63, 3.8) is 0 Å². The van der Waals surface area contributed by atoms with Crippen LogP contribution in [0.3, 0.4) is 0 Å². The van der Waals surface area contributed by atoms with Crippen LogP contribution in [0.5, 0.6) is 0 Å². The molecular weight excluding hydrogens is 334 g/mol. The number of benzene rings is 1. The van der Waals surface area contributed by atoms with E-state index in [4.69, 9.17) is 0 Å². The van der Waals surface area contributed by atoms with E-state index in [0.29, 0.717) is 12.3 Å². The normalized spacial score (nSPS) is 15.9. The summed E-state index contributed by atoms with van der Waals surface area (Å²) in [6, 6.07) is 12.8. The van der Waals surface area contributed by atoms with Crippen molar-refractivity contribution in [2.24, 2.45) is 5.92 Å². The van der Waals surface area contributed by atoms with Gasteiger partial charge in [-0.25, -0.2) is 0 Å². The number of piperidine rings is 1.